The van der Waals surface area contributed by atoms with E-state index in [-0.39, 0.29) is 5.54 Å². The smallest absolute Gasteiger partial charge is 0.115 e. The van der Waals surface area contributed by atoms with E-state index < -0.39 is 0 Å². The predicted molar refractivity (Wildman–Crippen MR) is 48.0 cm³/mol. The average Bonchev–Trinajstić information content (AvgIpc) is 2.28. The average molecular weight is 163 g/mol. The Morgan fingerprint density at radius 3 is 2.92 bits per heavy atom. The predicted octanol–water partition coefficient (Wildman–Crippen LogP) is 1.73. The van der Waals surface area contributed by atoms with Gasteiger partial charge < -0.3 is 10.4 Å². The van der Waals surface area contributed by atoms with Crippen molar-refractivity contribution in [2.75, 3.05) is 0 Å². The van der Waals surface area contributed by atoms with E-state index in [0.717, 1.165) is 6.54 Å². The molecule has 0 radical (unpaired) electrons. The van der Waals surface area contributed by atoms with Crippen LogP contribution in [-0.4, -0.2) is 5.11 Å². The van der Waals surface area contributed by atoms with Gasteiger partial charge in [-0.2, -0.15) is 0 Å². The molecule has 0 atom stereocenters. The van der Waals surface area contributed by atoms with Crippen LogP contribution in [0.15, 0.2) is 18.2 Å². The van der Waals surface area contributed by atoms with Crippen LogP contribution in [0.4, 0.5) is 0 Å². The summed E-state index contributed by atoms with van der Waals surface area (Å²) in [6.45, 7) is 5.15. The molecule has 0 saturated carbocycles. The fourth-order valence-corrected chi connectivity index (χ4v) is 1.71. The highest BCUT2D eigenvalue weighted by Gasteiger charge is 2.28. The second-order valence-electron chi connectivity index (χ2n) is 3.82. The molecule has 1 heterocycles. The van der Waals surface area contributed by atoms with E-state index in [9.17, 15) is 5.11 Å². The van der Waals surface area contributed by atoms with E-state index in [1.807, 2.05) is 12.1 Å². The number of fused-ring (bicyclic) bond motifs is 1. The summed E-state index contributed by atoms with van der Waals surface area (Å²) in [6, 6.07) is 5.56. The molecular formula is C10H13NO. The van der Waals surface area contributed by atoms with Gasteiger partial charge >= 0.3 is 0 Å². The molecule has 0 bridgehead atoms. The Kier molecular flexibility index (Phi) is 1.42. The molecule has 64 valence electrons. The first-order valence-corrected chi connectivity index (χ1v) is 4.17. The summed E-state index contributed by atoms with van der Waals surface area (Å²) >= 11 is 0. The molecule has 1 aromatic carbocycles. The van der Waals surface area contributed by atoms with E-state index in [0.29, 0.717) is 5.75 Å². The zero-order valence-electron chi connectivity index (χ0n) is 7.39. The van der Waals surface area contributed by atoms with Crippen LogP contribution in [-0.2, 0) is 12.1 Å². The molecule has 0 amide bonds. The Bertz CT molecular complexity index is 318. The van der Waals surface area contributed by atoms with Crippen LogP contribution in [0.5, 0.6) is 5.75 Å². The van der Waals surface area contributed by atoms with Gasteiger partial charge in [-0.3, -0.25) is 0 Å². The summed E-state index contributed by atoms with van der Waals surface area (Å²) in [6.07, 6.45) is 0. The van der Waals surface area contributed by atoms with Gasteiger partial charge in [-0.1, -0.05) is 6.07 Å². The third-order valence-electron chi connectivity index (χ3n) is 2.49. The van der Waals surface area contributed by atoms with Crippen LogP contribution in [0.3, 0.4) is 0 Å². The topological polar surface area (TPSA) is 32.3 Å². The van der Waals surface area contributed by atoms with Crippen LogP contribution < -0.4 is 5.32 Å². The van der Waals surface area contributed by atoms with Crippen molar-refractivity contribution < 1.29 is 5.11 Å². The van der Waals surface area contributed by atoms with Gasteiger partial charge in [0.1, 0.15) is 5.75 Å². The molecule has 0 aliphatic carbocycles. The Morgan fingerprint density at radius 1 is 1.42 bits per heavy atom. The lowest BCUT2D eigenvalue weighted by atomic mass is 9.95. The van der Waals surface area contributed by atoms with E-state index in [1.54, 1.807) is 6.07 Å². The number of hydrogen-bond acceptors (Lipinski definition) is 2. The van der Waals surface area contributed by atoms with Gasteiger partial charge in [0, 0.05) is 12.1 Å². The molecule has 1 aliphatic heterocycles. The largest absolute Gasteiger partial charge is 0.508 e. The zero-order valence-corrected chi connectivity index (χ0v) is 7.39. The second-order valence-corrected chi connectivity index (χ2v) is 3.82. The van der Waals surface area contributed by atoms with Crippen LogP contribution in [0, 0.1) is 0 Å². The molecule has 0 unspecified atom stereocenters. The molecule has 12 heavy (non-hydrogen) atoms. The van der Waals surface area contributed by atoms with Gasteiger partial charge in [0.15, 0.2) is 0 Å². The SMILES string of the molecule is CC1(C)NCc2ccc(O)cc21. The quantitative estimate of drug-likeness (QED) is 0.610. The maximum Gasteiger partial charge on any atom is 0.115 e. The standard InChI is InChI=1S/C10H13NO/c1-10(2)9-5-8(12)4-3-7(9)6-11-10/h3-5,11-12H,6H2,1-2H3. The van der Waals surface area contributed by atoms with E-state index in [1.165, 1.54) is 11.1 Å². The number of rotatable bonds is 0. The number of nitrogens with one attached hydrogen (secondary N) is 1. The van der Waals surface area contributed by atoms with Gasteiger partial charge in [-0.05, 0) is 37.1 Å². The van der Waals surface area contributed by atoms with E-state index >= 15 is 0 Å². The Balaban J connectivity index is 2.57. The van der Waals surface area contributed by atoms with Gasteiger partial charge in [-0.15, -0.1) is 0 Å². The van der Waals surface area contributed by atoms with Crippen molar-refractivity contribution in [2.45, 2.75) is 25.9 Å². The number of aromatic hydroxyl groups is 1. The first kappa shape index (κ1) is 7.62. The molecule has 1 aliphatic rings. The Hall–Kier alpha value is -1.02. The van der Waals surface area contributed by atoms with Gasteiger partial charge in [0.2, 0.25) is 0 Å². The summed E-state index contributed by atoms with van der Waals surface area (Å²) in [7, 11) is 0. The maximum absolute atomic E-state index is 9.30. The first-order valence-electron chi connectivity index (χ1n) is 4.17. The van der Waals surface area contributed by atoms with Crippen molar-refractivity contribution in [2.24, 2.45) is 0 Å². The van der Waals surface area contributed by atoms with E-state index in [4.69, 9.17) is 0 Å². The van der Waals surface area contributed by atoms with Crippen molar-refractivity contribution in [3.8, 4) is 5.75 Å². The molecule has 2 nitrogen and oxygen atoms in total. The van der Waals surface area contributed by atoms with Crippen LogP contribution >= 0.6 is 0 Å². The number of benzene rings is 1. The number of hydrogen-bond donors (Lipinski definition) is 2. The zero-order chi connectivity index (χ0) is 8.77. The summed E-state index contributed by atoms with van der Waals surface area (Å²) in [4.78, 5) is 0. The second kappa shape index (κ2) is 2.23. The van der Waals surface area contributed by atoms with Crippen molar-refractivity contribution in [3.63, 3.8) is 0 Å². The highest BCUT2D eigenvalue weighted by Crippen LogP contribution is 2.32. The number of phenols is 1. The highest BCUT2D eigenvalue weighted by molar-refractivity contribution is 5.41. The van der Waals surface area contributed by atoms with Gasteiger partial charge in [0.25, 0.3) is 0 Å². The van der Waals surface area contributed by atoms with Crippen molar-refractivity contribution >= 4 is 0 Å². The third-order valence-corrected chi connectivity index (χ3v) is 2.49. The molecule has 0 aromatic heterocycles. The van der Waals surface area contributed by atoms with Crippen LogP contribution in [0.2, 0.25) is 0 Å². The number of phenolic OH excluding ortho intramolecular Hbond substituents is 1. The molecule has 1 aromatic rings. The van der Waals surface area contributed by atoms with Crippen LogP contribution in [0.25, 0.3) is 0 Å². The summed E-state index contributed by atoms with van der Waals surface area (Å²) < 4.78 is 0. The van der Waals surface area contributed by atoms with Crippen molar-refractivity contribution in [3.05, 3.63) is 29.3 Å². The fraction of sp³-hybridized carbons (Fsp3) is 0.400. The minimum Gasteiger partial charge on any atom is -0.508 e. The monoisotopic (exact) mass is 163 g/mol. The third kappa shape index (κ3) is 0.994. The molecule has 0 spiro atoms. The molecule has 0 saturated heterocycles. The minimum atomic E-state index is 0.00801. The van der Waals surface area contributed by atoms with Gasteiger partial charge in [-0.25, -0.2) is 0 Å². The van der Waals surface area contributed by atoms with Crippen molar-refractivity contribution in [1.82, 2.24) is 5.32 Å². The normalized spacial score (nSPS) is 19.2. The molecular weight excluding hydrogens is 150 g/mol. The lowest BCUT2D eigenvalue weighted by Gasteiger charge is -2.19. The van der Waals surface area contributed by atoms with Gasteiger partial charge in [0.05, 0.1) is 0 Å². The molecule has 2 rings (SSSR count). The summed E-state index contributed by atoms with van der Waals surface area (Å²) in [5.41, 5.74) is 2.51. The fourth-order valence-electron chi connectivity index (χ4n) is 1.71. The van der Waals surface area contributed by atoms with Crippen molar-refractivity contribution in [1.29, 1.82) is 0 Å². The summed E-state index contributed by atoms with van der Waals surface area (Å²) in [5.74, 6) is 0.352. The lowest BCUT2D eigenvalue weighted by Crippen LogP contribution is -2.28. The highest BCUT2D eigenvalue weighted by atomic mass is 16.3. The lowest BCUT2D eigenvalue weighted by molar-refractivity contribution is 0.437. The molecule has 0 fully saturated rings. The molecule has 2 N–H and O–H groups in total. The Labute approximate surface area is 72.2 Å². The maximum atomic E-state index is 9.30. The first-order chi connectivity index (χ1) is 5.59. The minimum absolute atomic E-state index is 0.00801. The summed E-state index contributed by atoms with van der Waals surface area (Å²) in [5, 5.41) is 12.7. The molecule has 2 heteroatoms. The Morgan fingerprint density at radius 2 is 2.17 bits per heavy atom. The van der Waals surface area contributed by atoms with E-state index in [2.05, 4.69) is 19.2 Å². The van der Waals surface area contributed by atoms with Crippen LogP contribution in [0.1, 0.15) is 25.0 Å².